The van der Waals surface area contributed by atoms with Crippen LogP contribution in [0.3, 0.4) is 0 Å². The molecule has 6 atom stereocenters. The van der Waals surface area contributed by atoms with Crippen LogP contribution in [0.1, 0.15) is 32.6 Å². The normalized spacial score (nSPS) is 41.9. The molecule has 22 heavy (non-hydrogen) atoms. The van der Waals surface area contributed by atoms with E-state index in [1.54, 1.807) is 6.92 Å². The fraction of sp³-hybridized carbons (Fsp3) is 0.667. The minimum absolute atomic E-state index is 0.0526. The molecule has 4 nitrogen and oxygen atoms in total. The topological polar surface area (TPSA) is 52.6 Å². The largest absolute Gasteiger partial charge is 0.461 e. The molecule has 4 heteroatoms. The molecule has 0 aromatic rings. The number of fused-ring (bicyclic) bond motifs is 4. The van der Waals surface area contributed by atoms with Crippen LogP contribution in [0, 0.1) is 29.6 Å². The smallest absolute Gasteiger partial charge is 0.320 e. The van der Waals surface area contributed by atoms with Crippen molar-refractivity contribution < 1.29 is 19.1 Å². The Morgan fingerprint density at radius 3 is 1.59 bits per heavy atom. The van der Waals surface area contributed by atoms with Crippen LogP contribution in [0.5, 0.6) is 0 Å². The summed E-state index contributed by atoms with van der Waals surface area (Å²) in [6.07, 6.45) is 12.5. The van der Waals surface area contributed by atoms with E-state index < -0.39 is 17.9 Å². The highest BCUT2D eigenvalue weighted by Crippen LogP contribution is 2.42. The molecule has 2 fully saturated rings. The molecule has 0 radical (unpaired) electrons. The maximum Gasteiger partial charge on any atom is 0.320 e. The molecule has 6 unspecified atom stereocenters. The van der Waals surface area contributed by atoms with Gasteiger partial charge in [-0.15, -0.1) is 0 Å². The van der Waals surface area contributed by atoms with Crippen molar-refractivity contribution in [3.05, 3.63) is 24.3 Å². The standard InChI is InChI=1S/C18H22O4/c1-10(17(19)21-15-8-11-2-4-13(15)6-11)18(20)22-16-9-12-3-5-14(16)7-12/h2-5,10-16H,6-9H2,1H3. The molecule has 0 saturated heterocycles. The number of rotatable bonds is 4. The Kier molecular flexibility index (Phi) is 3.35. The first kappa shape index (κ1) is 14.0. The lowest BCUT2D eigenvalue weighted by molar-refractivity contribution is -0.168. The van der Waals surface area contributed by atoms with E-state index in [-0.39, 0.29) is 12.2 Å². The minimum Gasteiger partial charge on any atom is -0.461 e. The second kappa shape index (κ2) is 5.25. The predicted molar refractivity (Wildman–Crippen MR) is 79.6 cm³/mol. The van der Waals surface area contributed by atoms with Gasteiger partial charge in [0.2, 0.25) is 0 Å². The summed E-state index contributed by atoms with van der Waals surface area (Å²) < 4.78 is 11.1. The lowest BCUT2D eigenvalue weighted by Gasteiger charge is -2.23. The fourth-order valence-electron chi connectivity index (χ4n) is 4.33. The summed E-state index contributed by atoms with van der Waals surface area (Å²) in [4.78, 5) is 24.4. The van der Waals surface area contributed by atoms with Gasteiger partial charge in [-0.05, 0) is 44.4 Å². The zero-order valence-electron chi connectivity index (χ0n) is 12.8. The molecule has 4 rings (SSSR count). The Bertz CT molecular complexity index is 501. The van der Waals surface area contributed by atoms with E-state index in [1.807, 2.05) is 0 Å². The van der Waals surface area contributed by atoms with E-state index in [1.165, 1.54) is 0 Å². The Morgan fingerprint density at radius 1 is 0.818 bits per heavy atom. The van der Waals surface area contributed by atoms with Crippen LogP contribution in [-0.4, -0.2) is 24.1 Å². The highest BCUT2D eigenvalue weighted by Gasteiger charge is 2.42. The number of allylic oxidation sites excluding steroid dienone is 2. The van der Waals surface area contributed by atoms with E-state index >= 15 is 0 Å². The summed E-state index contributed by atoms with van der Waals surface area (Å²) in [5, 5.41) is 0. The zero-order chi connectivity index (χ0) is 15.3. The van der Waals surface area contributed by atoms with Crippen molar-refractivity contribution in [1.82, 2.24) is 0 Å². The molecule has 118 valence electrons. The maximum atomic E-state index is 12.2. The molecule has 0 aromatic heterocycles. The molecule has 0 heterocycles. The summed E-state index contributed by atoms with van der Waals surface area (Å²) in [7, 11) is 0. The van der Waals surface area contributed by atoms with Crippen molar-refractivity contribution in [3.63, 3.8) is 0 Å². The van der Waals surface area contributed by atoms with Crippen LogP contribution >= 0.6 is 0 Å². The third-order valence-corrected chi connectivity index (χ3v) is 5.68. The van der Waals surface area contributed by atoms with Crippen LogP contribution in [-0.2, 0) is 19.1 Å². The van der Waals surface area contributed by atoms with Gasteiger partial charge in [0.1, 0.15) is 12.2 Å². The Hall–Kier alpha value is -1.58. The Balaban J connectivity index is 1.30. The summed E-state index contributed by atoms with van der Waals surface area (Å²) in [6, 6.07) is 0. The molecule has 4 aliphatic rings. The van der Waals surface area contributed by atoms with Crippen molar-refractivity contribution in [2.75, 3.05) is 0 Å². The Labute approximate surface area is 130 Å². The highest BCUT2D eigenvalue weighted by molar-refractivity contribution is 5.94. The highest BCUT2D eigenvalue weighted by atomic mass is 16.6. The monoisotopic (exact) mass is 302 g/mol. The molecular weight excluding hydrogens is 280 g/mol. The van der Waals surface area contributed by atoms with E-state index in [0.29, 0.717) is 23.7 Å². The quantitative estimate of drug-likeness (QED) is 0.455. The molecule has 0 spiro atoms. The zero-order valence-corrected chi connectivity index (χ0v) is 12.8. The lowest BCUT2D eigenvalue weighted by Crippen LogP contribution is -2.33. The first-order valence-corrected chi connectivity index (χ1v) is 8.38. The fourth-order valence-corrected chi connectivity index (χ4v) is 4.33. The number of carbonyl (C=O) groups excluding carboxylic acids is 2. The molecule has 0 N–H and O–H groups in total. The van der Waals surface area contributed by atoms with Gasteiger partial charge in [0.25, 0.3) is 0 Å². The van der Waals surface area contributed by atoms with Crippen LogP contribution in [0.15, 0.2) is 24.3 Å². The summed E-state index contributed by atoms with van der Waals surface area (Å²) in [5.41, 5.74) is 0. The number of hydrogen-bond donors (Lipinski definition) is 0. The third kappa shape index (κ3) is 2.38. The number of hydrogen-bond acceptors (Lipinski definition) is 4. The molecule has 2 saturated carbocycles. The molecule has 0 aliphatic heterocycles. The summed E-state index contributed by atoms with van der Waals surface area (Å²) >= 11 is 0. The van der Waals surface area contributed by atoms with Gasteiger partial charge in [0.15, 0.2) is 5.92 Å². The van der Waals surface area contributed by atoms with Crippen LogP contribution in [0.25, 0.3) is 0 Å². The van der Waals surface area contributed by atoms with Gasteiger partial charge in [-0.3, -0.25) is 9.59 Å². The van der Waals surface area contributed by atoms with E-state index in [4.69, 9.17) is 9.47 Å². The SMILES string of the molecule is CC(C(=O)OC1CC2C=CC1C2)C(=O)OC1CC2C=CC1C2. The molecule has 4 bridgehead atoms. The van der Waals surface area contributed by atoms with Gasteiger partial charge in [-0.1, -0.05) is 24.3 Å². The van der Waals surface area contributed by atoms with Gasteiger partial charge in [0, 0.05) is 11.8 Å². The van der Waals surface area contributed by atoms with E-state index in [0.717, 1.165) is 25.7 Å². The van der Waals surface area contributed by atoms with Crippen molar-refractivity contribution in [2.45, 2.75) is 44.8 Å². The van der Waals surface area contributed by atoms with Crippen molar-refractivity contribution >= 4 is 11.9 Å². The number of carbonyl (C=O) groups is 2. The lowest BCUT2D eigenvalue weighted by atomic mass is 10.0. The second-order valence-corrected chi connectivity index (χ2v) is 7.23. The average molecular weight is 302 g/mol. The van der Waals surface area contributed by atoms with Crippen molar-refractivity contribution in [2.24, 2.45) is 29.6 Å². The van der Waals surface area contributed by atoms with Crippen LogP contribution in [0.2, 0.25) is 0 Å². The molecule has 0 aromatic carbocycles. The first-order valence-electron chi connectivity index (χ1n) is 8.38. The van der Waals surface area contributed by atoms with Gasteiger partial charge in [-0.25, -0.2) is 0 Å². The Morgan fingerprint density at radius 2 is 1.27 bits per heavy atom. The third-order valence-electron chi connectivity index (χ3n) is 5.68. The van der Waals surface area contributed by atoms with Gasteiger partial charge in [0.05, 0.1) is 0 Å². The van der Waals surface area contributed by atoms with Crippen molar-refractivity contribution in [1.29, 1.82) is 0 Å². The summed E-state index contributed by atoms with van der Waals surface area (Å²) in [5.74, 6) is 0.0769. The minimum atomic E-state index is -0.828. The first-order chi connectivity index (χ1) is 10.6. The molecular formula is C18H22O4. The van der Waals surface area contributed by atoms with E-state index in [9.17, 15) is 9.59 Å². The van der Waals surface area contributed by atoms with Crippen LogP contribution < -0.4 is 0 Å². The average Bonchev–Trinajstić information content (AvgIpc) is 3.26. The van der Waals surface area contributed by atoms with Crippen molar-refractivity contribution in [3.8, 4) is 0 Å². The van der Waals surface area contributed by atoms with Gasteiger partial charge in [-0.2, -0.15) is 0 Å². The summed E-state index contributed by atoms with van der Waals surface area (Å²) in [6.45, 7) is 1.59. The molecule has 4 aliphatic carbocycles. The predicted octanol–water partition coefficient (Wildman–Crippen LogP) is 2.64. The number of esters is 2. The van der Waals surface area contributed by atoms with E-state index in [2.05, 4.69) is 24.3 Å². The number of ether oxygens (including phenoxy) is 2. The molecule has 0 amide bonds. The maximum absolute atomic E-state index is 12.2. The van der Waals surface area contributed by atoms with Crippen LogP contribution in [0.4, 0.5) is 0 Å². The second-order valence-electron chi connectivity index (χ2n) is 7.23. The van der Waals surface area contributed by atoms with Gasteiger partial charge < -0.3 is 9.47 Å². The van der Waals surface area contributed by atoms with Gasteiger partial charge >= 0.3 is 11.9 Å².